The minimum atomic E-state index is -0.672. The first-order chi connectivity index (χ1) is 11.6. The van der Waals surface area contributed by atoms with Gasteiger partial charge in [-0.15, -0.1) is 0 Å². The summed E-state index contributed by atoms with van der Waals surface area (Å²) in [6, 6.07) is 7.81. The molecule has 4 rings (SSSR count). The maximum absolute atomic E-state index is 12.8. The van der Waals surface area contributed by atoms with Crippen LogP contribution in [-0.2, 0) is 14.4 Å². The Morgan fingerprint density at radius 2 is 1.79 bits per heavy atom. The molecule has 1 unspecified atom stereocenters. The molecule has 0 radical (unpaired) electrons. The van der Waals surface area contributed by atoms with Crippen LogP contribution in [0.5, 0.6) is 0 Å². The SMILES string of the molecule is N#Cc1ccc(N2C(=O)CC(N(C(=O)C3CC3)C3CC3)C2=O)cc1. The summed E-state index contributed by atoms with van der Waals surface area (Å²) in [7, 11) is 0. The van der Waals surface area contributed by atoms with Crippen molar-refractivity contribution in [3.8, 4) is 6.07 Å². The highest BCUT2D eigenvalue weighted by Gasteiger charge is 2.51. The third kappa shape index (κ3) is 2.46. The van der Waals surface area contributed by atoms with Gasteiger partial charge in [0.05, 0.1) is 23.7 Å². The Morgan fingerprint density at radius 3 is 2.33 bits per heavy atom. The molecule has 1 saturated heterocycles. The molecule has 0 aromatic heterocycles. The van der Waals surface area contributed by atoms with E-state index in [0.29, 0.717) is 11.3 Å². The van der Waals surface area contributed by atoms with E-state index in [1.165, 1.54) is 0 Å². The van der Waals surface area contributed by atoms with E-state index in [0.717, 1.165) is 30.6 Å². The third-order valence-electron chi connectivity index (χ3n) is 4.83. The fourth-order valence-electron chi connectivity index (χ4n) is 3.27. The van der Waals surface area contributed by atoms with Gasteiger partial charge in [0.2, 0.25) is 11.8 Å². The molecular formula is C18H17N3O3. The van der Waals surface area contributed by atoms with Gasteiger partial charge in [0, 0.05) is 12.0 Å². The van der Waals surface area contributed by atoms with Gasteiger partial charge in [-0.05, 0) is 49.9 Å². The van der Waals surface area contributed by atoms with Gasteiger partial charge in [-0.2, -0.15) is 5.26 Å². The number of nitrogens with zero attached hydrogens (tertiary/aromatic N) is 3. The molecule has 3 amide bonds. The molecule has 122 valence electrons. The molecular weight excluding hydrogens is 306 g/mol. The molecule has 1 aromatic rings. The molecule has 6 heteroatoms. The first-order valence-electron chi connectivity index (χ1n) is 8.29. The van der Waals surface area contributed by atoms with Gasteiger partial charge in [0.15, 0.2) is 0 Å². The summed E-state index contributed by atoms with van der Waals surface area (Å²) in [6.07, 6.45) is 3.64. The second-order valence-corrected chi connectivity index (χ2v) is 6.70. The van der Waals surface area contributed by atoms with Crippen LogP contribution in [0.15, 0.2) is 24.3 Å². The number of carbonyl (C=O) groups excluding carboxylic acids is 3. The Balaban J connectivity index is 1.60. The molecule has 3 fully saturated rings. The van der Waals surface area contributed by atoms with Gasteiger partial charge in [0.1, 0.15) is 6.04 Å². The number of benzene rings is 1. The summed E-state index contributed by atoms with van der Waals surface area (Å²) >= 11 is 0. The monoisotopic (exact) mass is 323 g/mol. The summed E-state index contributed by atoms with van der Waals surface area (Å²) in [5, 5.41) is 8.86. The van der Waals surface area contributed by atoms with Crippen LogP contribution in [0.3, 0.4) is 0 Å². The molecule has 1 heterocycles. The lowest BCUT2D eigenvalue weighted by Gasteiger charge is -2.27. The van der Waals surface area contributed by atoms with Crippen LogP contribution in [0.25, 0.3) is 0 Å². The summed E-state index contributed by atoms with van der Waals surface area (Å²) < 4.78 is 0. The van der Waals surface area contributed by atoms with Gasteiger partial charge in [-0.3, -0.25) is 14.4 Å². The maximum Gasteiger partial charge on any atom is 0.257 e. The second kappa shape index (κ2) is 5.45. The summed E-state index contributed by atoms with van der Waals surface area (Å²) in [6.45, 7) is 0. The van der Waals surface area contributed by atoms with Crippen molar-refractivity contribution in [3.63, 3.8) is 0 Å². The first-order valence-corrected chi connectivity index (χ1v) is 8.29. The summed E-state index contributed by atoms with van der Waals surface area (Å²) in [5.74, 6) is -0.544. The fourth-order valence-corrected chi connectivity index (χ4v) is 3.27. The van der Waals surface area contributed by atoms with E-state index >= 15 is 0 Å². The highest BCUT2D eigenvalue weighted by Crippen LogP contribution is 2.39. The van der Waals surface area contributed by atoms with Crippen molar-refractivity contribution in [2.24, 2.45) is 5.92 Å². The van der Waals surface area contributed by atoms with Crippen molar-refractivity contribution in [1.82, 2.24) is 4.90 Å². The Hall–Kier alpha value is -2.68. The molecule has 1 aromatic carbocycles. The molecule has 2 saturated carbocycles. The molecule has 0 N–H and O–H groups in total. The third-order valence-corrected chi connectivity index (χ3v) is 4.83. The van der Waals surface area contributed by atoms with Crippen molar-refractivity contribution < 1.29 is 14.4 Å². The van der Waals surface area contributed by atoms with Crippen molar-refractivity contribution in [2.75, 3.05) is 4.90 Å². The van der Waals surface area contributed by atoms with Gasteiger partial charge in [0.25, 0.3) is 5.91 Å². The lowest BCUT2D eigenvalue weighted by atomic mass is 10.1. The fraction of sp³-hybridized carbons (Fsp3) is 0.444. The number of imide groups is 1. The number of anilines is 1. The molecule has 2 aliphatic carbocycles. The van der Waals surface area contributed by atoms with Crippen LogP contribution in [0.2, 0.25) is 0 Å². The highest BCUT2D eigenvalue weighted by atomic mass is 16.2. The van der Waals surface area contributed by atoms with E-state index in [1.54, 1.807) is 29.2 Å². The lowest BCUT2D eigenvalue weighted by Crippen LogP contribution is -2.47. The minimum absolute atomic E-state index is 0.0327. The molecule has 0 spiro atoms. The van der Waals surface area contributed by atoms with E-state index in [-0.39, 0.29) is 36.1 Å². The molecule has 24 heavy (non-hydrogen) atoms. The Kier molecular flexibility index (Phi) is 3.38. The van der Waals surface area contributed by atoms with Crippen molar-refractivity contribution in [1.29, 1.82) is 5.26 Å². The van der Waals surface area contributed by atoms with Crippen LogP contribution in [0.1, 0.15) is 37.7 Å². The van der Waals surface area contributed by atoms with Crippen LogP contribution in [0.4, 0.5) is 5.69 Å². The topological polar surface area (TPSA) is 81.5 Å². The maximum atomic E-state index is 12.8. The Bertz CT molecular complexity index is 757. The number of hydrogen-bond donors (Lipinski definition) is 0. The predicted octanol–water partition coefficient (Wildman–Crippen LogP) is 1.59. The summed E-state index contributed by atoms with van der Waals surface area (Å²) in [5.41, 5.74) is 0.930. The van der Waals surface area contributed by atoms with E-state index < -0.39 is 6.04 Å². The van der Waals surface area contributed by atoms with E-state index in [2.05, 4.69) is 0 Å². The van der Waals surface area contributed by atoms with Crippen molar-refractivity contribution in [2.45, 2.75) is 44.2 Å². The largest absolute Gasteiger partial charge is 0.327 e. The van der Waals surface area contributed by atoms with Crippen LogP contribution >= 0.6 is 0 Å². The molecule has 6 nitrogen and oxygen atoms in total. The van der Waals surface area contributed by atoms with Gasteiger partial charge in [-0.1, -0.05) is 0 Å². The normalized spacial score (nSPS) is 23.3. The smallest absolute Gasteiger partial charge is 0.257 e. The van der Waals surface area contributed by atoms with Crippen molar-refractivity contribution >= 4 is 23.4 Å². The van der Waals surface area contributed by atoms with E-state index in [4.69, 9.17) is 5.26 Å². The molecule has 1 atom stereocenters. The number of hydrogen-bond acceptors (Lipinski definition) is 4. The molecule has 3 aliphatic rings. The van der Waals surface area contributed by atoms with Gasteiger partial charge in [-0.25, -0.2) is 4.90 Å². The standard InChI is InChI=1S/C18H17N3O3/c19-10-11-1-5-14(6-2-11)21-16(22)9-15(18(21)24)20(13-7-8-13)17(23)12-3-4-12/h1-2,5-6,12-13,15H,3-4,7-9H2. The molecule has 1 aliphatic heterocycles. The minimum Gasteiger partial charge on any atom is -0.327 e. The first kappa shape index (κ1) is 14.9. The number of carbonyl (C=O) groups is 3. The van der Waals surface area contributed by atoms with Crippen molar-refractivity contribution in [3.05, 3.63) is 29.8 Å². The van der Waals surface area contributed by atoms with Gasteiger partial charge >= 0.3 is 0 Å². The zero-order valence-corrected chi connectivity index (χ0v) is 13.1. The highest BCUT2D eigenvalue weighted by molar-refractivity contribution is 6.23. The average molecular weight is 323 g/mol. The van der Waals surface area contributed by atoms with E-state index in [9.17, 15) is 14.4 Å². The Morgan fingerprint density at radius 1 is 1.12 bits per heavy atom. The van der Waals surface area contributed by atoms with Gasteiger partial charge < -0.3 is 4.90 Å². The Labute approximate surface area is 139 Å². The lowest BCUT2D eigenvalue weighted by molar-refractivity contribution is -0.140. The molecule has 0 bridgehead atoms. The van der Waals surface area contributed by atoms with Crippen LogP contribution in [0, 0.1) is 17.2 Å². The van der Waals surface area contributed by atoms with Crippen LogP contribution in [-0.4, -0.2) is 34.7 Å². The number of rotatable bonds is 4. The number of nitriles is 1. The average Bonchev–Trinajstić information content (AvgIpc) is 3.47. The summed E-state index contributed by atoms with van der Waals surface area (Å²) in [4.78, 5) is 40.6. The number of amides is 3. The predicted molar refractivity (Wildman–Crippen MR) is 84.6 cm³/mol. The zero-order chi connectivity index (χ0) is 16.8. The van der Waals surface area contributed by atoms with E-state index in [1.807, 2.05) is 6.07 Å². The zero-order valence-electron chi connectivity index (χ0n) is 13.1. The quantitative estimate of drug-likeness (QED) is 0.788. The van der Waals surface area contributed by atoms with Crippen LogP contribution < -0.4 is 4.90 Å². The second-order valence-electron chi connectivity index (χ2n) is 6.70.